The molecule has 1 aliphatic rings. The fourth-order valence-corrected chi connectivity index (χ4v) is 3.29. The molecule has 0 bridgehead atoms. The van der Waals surface area contributed by atoms with Crippen LogP contribution in [0, 0.1) is 5.92 Å². The minimum atomic E-state index is -3.61. The van der Waals surface area contributed by atoms with Gasteiger partial charge in [0, 0.05) is 12.6 Å². The maximum Gasteiger partial charge on any atom is 0.238 e. The highest BCUT2D eigenvalue weighted by Gasteiger charge is 2.21. The average Bonchev–Trinajstić information content (AvgIpc) is 2.92. The van der Waals surface area contributed by atoms with Gasteiger partial charge in [0.2, 0.25) is 10.0 Å². The van der Waals surface area contributed by atoms with Crippen LogP contribution in [-0.2, 0) is 10.0 Å². The highest BCUT2D eigenvalue weighted by molar-refractivity contribution is 7.89. The van der Waals surface area contributed by atoms with E-state index in [-0.39, 0.29) is 10.9 Å². The predicted molar refractivity (Wildman–Crippen MR) is 84.5 cm³/mol. The molecule has 1 aliphatic heterocycles. The lowest BCUT2D eigenvalue weighted by Gasteiger charge is -2.18. The molecule has 0 spiro atoms. The quantitative estimate of drug-likeness (QED) is 0.831. The normalized spacial score (nSPS) is 21.6. The summed E-state index contributed by atoms with van der Waals surface area (Å²) in [5, 5.41) is 8.64. The number of primary sulfonamides is 1. The second-order valence-corrected chi connectivity index (χ2v) is 7.35. The van der Waals surface area contributed by atoms with Gasteiger partial charge in [-0.05, 0) is 56.6 Å². The minimum absolute atomic E-state index is 0.160. The van der Waals surface area contributed by atoms with Gasteiger partial charge in [0.1, 0.15) is 0 Å². The zero-order valence-electron chi connectivity index (χ0n) is 12.7. The van der Waals surface area contributed by atoms with E-state index >= 15 is 0 Å². The fourth-order valence-electron chi connectivity index (χ4n) is 2.77. The van der Waals surface area contributed by atoms with Crippen LogP contribution in [0.15, 0.2) is 29.2 Å². The van der Waals surface area contributed by atoms with Crippen molar-refractivity contribution >= 4 is 10.0 Å². The Hall–Kier alpha value is -0.950. The van der Waals surface area contributed by atoms with Gasteiger partial charge < -0.3 is 10.2 Å². The minimum Gasteiger partial charge on any atom is -0.310 e. The lowest BCUT2D eigenvalue weighted by molar-refractivity contribution is 0.336. The number of hydrogen-bond donors (Lipinski definition) is 2. The summed E-state index contributed by atoms with van der Waals surface area (Å²) in [7, 11) is -3.61. The Morgan fingerprint density at radius 1 is 1.38 bits per heavy atom. The summed E-state index contributed by atoms with van der Waals surface area (Å²) in [5.74, 6) is 0.705. The van der Waals surface area contributed by atoms with Crippen molar-refractivity contribution in [3.63, 3.8) is 0 Å². The Kier molecular flexibility index (Phi) is 5.37. The van der Waals surface area contributed by atoms with Crippen LogP contribution in [0.25, 0.3) is 0 Å². The first-order chi connectivity index (χ1) is 9.90. The molecule has 1 aromatic carbocycles. The van der Waals surface area contributed by atoms with Crippen LogP contribution in [-0.4, -0.2) is 39.5 Å². The van der Waals surface area contributed by atoms with E-state index in [0.717, 1.165) is 18.7 Å². The van der Waals surface area contributed by atoms with E-state index in [1.54, 1.807) is 12.1 Å². The van der Waals surface area contributed by atoms with E-state index in [9.17, 15) is 8.42 Å². The molecule has 5 nitrogen and oxygen atoms in total. The van der Waals surface area contributed by atoms with Crippen LogP contribution in [0.1, 0.15) is 31.9 Å². The third-order valence-electron chi connectivity index (χ3n) is 4.24. The summed E-state index contributed by atoms with van der Waals surface area (Å²) < 4.78 is 22.5. The zero-order valence-corrected chi connectivity index (χ0v) is 13.6. The number of nitrogens with zero attached hydrogens (tertiary/aromatic N) is 1. The molecule has 0 saturated carbocycles. The monoisotopic (exact) mass is 311 g/mol. The molecular formula is C15H25N3O2S. The van der Waals surface area contributed by atoms with Gasteiger partial charge in [0.05, 0.1) is 4.90 Å². The summed E-state index contributed by atoms with van der Waals surface area (Å²) in [5.41, 5.74) is 1.08. The molecule has 118 valence electrons. The molecule has 2 atom stereocenters. The number of hydrogen-bond acceptors (Lipinski definition) is 4. The molecule has 0 amide bonds. The topological polar surface area (TPSA) is 75.4 Å². The smallest absolute Gasteiger partial charge is 0.238 e. The van der Waals surface area contributed by atoms with Crippen LogP contribution < -0.4 is 10.5 Å². The van der Waals surface area contributed by atoms with E-state index in [1.807, 2.05) is 12.1 Å². The Bertz CT molecular complexity index is 557. The van der Waals surface area contributed by atoms with E-state index in [2.05, 4.69) is 24.1 Å². The van der Waals surface area contributed by atoms with Crippen molar-refractivity contribution in [3.8, 4) is 0 Å². The van der Waals surface area contributed by atoms with Crippen molar-refractivity contribution in [1.82, 2.24) is 10.2 Å². The predicted octanol–water partition coefficient (Wildman–Crippen LogP) is 1.33. The van der Waals surface area contributed by atoms with Crippen LogP contribution in [0.4, 0.5) is 0 Å². The van der Waals surface area contributed by atoms with Crippen molar-refractivity contribution < 1.29 is 8.42 Å². The standard InChI is InChI=1S/C15H25N3O2S/c1-3-18-9-8-13(11-18)10-17-12(2)14-4-6-15(7-5-14)21(16,19)20/h4-7,12-13,17H,3,8-11H2,1-2H3,(H2,16,19,20). The molecule has 3 N–H and O–H groups in total. The Balaban J connectivity index is 1.87. The first-order valence-electron chi connectivity index (χ1n) is 7.48. The SMILES string of the molecule is CCN1CCC(CNC(C)c2ccc(S(N)(=O)=O)cc2)C1. The first kappa shape index (κ1) is 16.4. The summed E-state index contributed by atoms with van der Waals surface area (Å²) in [6, 6.07) is 6.98. The molecule has 0 aromatic heterocycles. The lowest BCUT2D eigenvalue weighted by atomic mass is 10.1. The Morgan fingerprint density at radius 3 is 2.57 bits per heavy atom. The van der Waals surface area contributed by atoms with Crippen LogP contribution in [0.3, 0.4) is 0 Å². The summed E-state index contributed by atoms with van der Waals surface area (Å²) in [6.45, 7) is 8.78. The molecule has 2 rings (SSSR count). The number of benzene rings is 1. The number of nitrogens with one attached hydrogen (secondary N) is 1. The van der Waals surface area contributed by atoms with Gasteiger partial charge in [-0.2, -0.15) is 0 Å². The molecule has 2 unspecified atom stereocenters. The fraction of sp³-hybridized carbons (Fsp3) is 0.600. The van der Waals surface area contributed by atoms with E-state index in [4.69, 9.17) is 5.14 Å². The number of sulfonamides is 1. The highest BCUT2D eigenvalue weighted by atomic mass is 32.2. The second kappa shape index (κ2) is 6.87. The number of nitrogens with two attached hydrogens (primary N) is 1. The lowest BCUT2D eigenvalue weighted by Crippen LogP contribution is -2.28. The molecule has 1 saturated heterocycles. The number of rotatable bonds is 6. The maximum atomic E-state index is 11.2. The summed E-state index contributed by atoms with van der Waals surface area (Å²) in [4.78, 5) is 2.63. The summed E-state index contributed by atoms with van der Waals surface area (Å²) >= 11 is 0. The molecule has 1 aromatic rings. The van der Waals surface area contributed by atoms with E-state index in [1.165, 1.54) is 19.5 Å². The zero-order chi connectivity index (χ0) is 15.5. The average molecular weight is 311 g/mol. The van der Waals surface area contributed by atoms with Crippen molar-refractivity contribution in [2.24, 2.45) is 11.1 Å². The molecule has 6 heteroatoms. The first-order valence-corrected chi connectivity index (χ1v) is 9.03. The van der Waals surface area contributed by atoms with Crippen LogP contribution >= 0.6 is 0 Å². The number of likely N-dealkylation sites (tertiary alicyclic amines) is 1. The second-order valence-electron chi connectivity index (χ2n) is 5.79. The van der Waals surface area contributed by atoms with Crippen molar-refractivity contribution in [1.29, 1.82) is 0 Å². The van der Waals surface area contributed by atoms with Gasteiger partial charge in [-0.25, -0.2) is 13.6 Å². The molecule has 0 radical (unpaired) electrons. The van der Waals surface area contributed by atoms with Crippen molar-refractivity contribution in [3.05, 3.63) is 29.8 Å². The highest BCUT2D eigenvalue weighted by Crippen LogP contribution is 2.18. The molecule has 0 aliphatic carbocycles. The third kappa shape index (κ3) is 4.51. The maximum absolute atomic E-state index is 11.2. The van der Waals surface area contributed by atoms with Crippen LogP contribution in [0.2, 0.25) is 0 Å². The summed E-state index contributed by atoms with van der Waals surface area (Å²) in [6.07, 6.45) is 1.25. The van der Waals surface area contributed by atoms with E-state index < -0.39 is 10.0 Å². The van der Waals surface area contributed by atoms with Gasteiger partial charge in [-0.3, -0.25) is 0 Å². The largest absolute Gasteiger partial charge is 0.310 e. The van der Waals surface area contributed by atoms with E-state index in [0.29, 0.717) is 5.92 Å². The molecular weight excluding hydrogens is 286 g/mol. The molecule has 21 heavy (non-hydrogen) atoms. The van der Waals surface area contributed by atoms with Crippen molar-refractivity contribution in [2.45, 2.75) is 31.2 Å². The Morgan fingerprint density at radius 2 is 2.05 bits per heavy atom. The van der Waals surface area contributed by atoms with Gasteiger partial charge in [-0.1, -0.05) is 19.1 Å². The van der Waals surface area contributed by atoms with Crippen LogP contribution in [0.5, 0.6) is 0 Å². The molecule has 1 heterocycles. The molecule has 1 fully saturated rings. The van der Waals surface area contributed by atoms with Gasteiger partial charge in [-0.15, -0.1) is 0 Å². The van der Waals surface area contributed by atoms with Gasteiger partial charge in [0.15, 0.2) is 0 Å². The van der Waals surface area contributed by atoms with Gasteiger partial charge >= 0.3 is 0 Å². The van der Waals surface area contributed by atoms with Gasteiger partial charge in [0.25, 0.3) is 0 Å². The Labute approximate surface area is 127 Å². The third-order valence-corrected chi connectivity index (χ3v) is 5.17. The van der Waals surface area contributed by atoms with Crippen molar-refractivity contribution in [2.75, 3.05) is 26.2 Å².